The molecule has 0 bridgehead atoms. The molecule has 1 aromatic rings. The normalized spacial score (nSPS) is 23.1. The van der Waals surface area contributed by atoms with Crippen molar-refractivity contribution in [2.45, 2.75) is 32.2 Å². The number of carbonyl (C=O) groups is 1. The first-order chi connectivity index (χ1) is 8.56. The average molecular weight is 250 g/mol. The van der Waals surface area contributed by atoms with Crippen LogP contribution in [0.5, 0.6) is 0 Å². The first-order valence-corrected chi connectivity index (χ1v) is 6.36. The van der Waals surface area contributed by atoms with Gasteiger partial charge in [-0.1, -0.05) is 0 Å². The first-order valence-electron chi connectivity index (χ1n) is 6.36. The predicted octanol–water partition coefficient (Wildman–Crippen LogP) is 1.99. The van der Waals surface area contributed by atoms with Crippen molar-refractivity contribution in [2.24, 2.45) is 11.7 Å². The number of hydrogen-bond acceptors (Lipinski definition) is 2. The van der Waals surface area contributed by atoms with Crippen LogP contribution >= 0.6 is 0 Å². The summed E-state index contributed by atoms with van der Waals surface area (Å²) in [7, 11) is 0. The monoisotopic (exact) mass is 250 g/mol. The van der Waals surface area contributed by atoms with E-state index in [0.717, 1.165) is 19.3 Å². The number of nitrogens with two attached hydrogens (primary N) is 1. The molecule has 0 spiro atoms. The fourth-order valence-electron chi connectivity index (χ4n) is 2.42. The van der Waals surface area contributed by atoms with Gasteiger partial charge in [-0.05, 0) is 55.9 Å². The van der Waals surface area contributed by atoms with Gasteiger partial charge < -0.3 is 11.1 Å². The Morgan fingerprint density at radius 2 is 2.28 bits per heavy atom. The van der Waals surface area contributed by atoms with E-state index in [9.17, 15) is 9.18 Å². The molecule has 2 unspecified atom stereocenters. The van der Waals surface area contributed by atoms with Crippen molar-refractivity contribution < 1.29 is 9.18 Å². The fourth-order valence-corrected chi connectivity index (χ4v) is 2.42. The van der Waals surface area contributed by atoms with Crippen molar-refractivity contribution >= 4 is 5.91 Å². The maximum Gasteiger partial charge on any atom is 0.251 e. The molecule has 0 aliphatic heterocycles. The van der Waals surface area contributed by atoms with Gasteiger partial charge in [0.1, 0.15) is 5.82 Å². The molecule has 0 radical (unpaired) electrons. The Morgan fingerprint density at radius 3 is 2.89 bits per heavy atom. The number of nitrogens with one attached hydrogen (secondary N) is 1. The summed E-state index contributed by atoms with van der Waals surface area (Å²) in [4.78, 5) is 11.9. The number of amides is 1. The van der Waals surface area contributed by atoms with E-state index >= 15 is 0 Å². The van der Waals surface area contributed by atoms with Crippen LogP contribution in [0, 0.1) is 18.7 Å². The number of aryl methyl sites for hydroxylation is 1. The van der Waals surface area contributed by atoms with Crippen LogP contribution in [0.1, 0.15) is 35.2 Å². The third kappa shape index (κ3) is 3.07. The van der Waals surface area contributed by atoms with Crippen LogP contribution in [0.3, 0.4) is 0 Å². The number of rotatable bonds is 3. The summed E-state index contributed by atoms with van der Waals surface area (Å²) in [5, 5.41) is 2.89. The molecule has 0 saturated heterocycles. The third-order valence-electron chi connectivity index (χ3n) is 3.55. The lowest BCUT2D eigenvalue weighted by molar-refractivity contribution is 0.0947. The topological polar surface area (TPSA) is 55.1 Å². The second-order valence-corrected chi connectivity index (χ2v) is 5.11. The Kier molecular flexibility index (Phi) is 3.97. The quantitative estimate of drug-likeness (QED) is 0.862. The molecule has 1 fully saturated rings. The van der Waals surface area contributed by atoms with Crippen LogP contribution in [0.4, 0.5) is 4.39 Å². The zero-order chi connectivity index (χ0) is 13.1. The summed E-state index contributed by atoms with van der Waals surface area (Å²) in [6.07, 6.45) is 3.09. The summed E-state index contributed by atoms with van der Waals surface area (Å²) in [6.45, 7) is 2.31. The zero-order valence-corrected chi connectivity index (χ0v) is 10.6. The van der Waals surface area contributed by atoms with Gasteiger partial charge in [0.15, 0.2) is 0 Å². The number of benzene rings is 1. The highest BCUT2D eigenvalue weighted by atomic mass is 19.1. The second-order valence-electron chi connectivity index (χ2n) is 5.11. The van der Waals surface area contributed by atoms with Crippen molar-refractivity contribution in [3.8, 4) is 0 Å². The van der Waals surface area contributed by atoms with Gasteiger partial charge in [0, 0.05) is 18.2 Å². The molecule has 98 valence electrons. The number of carbonyl (C=O) groups excluding carboxylic acids is 1. The lowest BCUT2D eigenvalue weighted by Crippen LogP contribution is -2.29. The molecule has 1 aromatic carbocycles. The molecular weight excluding hydrogens is 231 g/mol. The molecule has 0 aromatic heterocycles. The summed E-state index contributed by atoms with van der Waals surface area (Å²) in [5.41, 5.74) is 6.83. The van der Waals surface area contributed by atoms with Crippen LogP contribution in [-0.4, -0.2) is 18.5 Å². The molecule has 4 heteroatoms. The van der Waals surface area contributed by atoms with Crippen LogP contribution < -0.4 is 11.1 Å². The molecular formula is C14H19FN2O. The third-order valence-corrected chi connectivity index (χ3v) is 3.55. The highest BCUT2D eigenvalue weighted by Crippen LogP contribution is 2.23. The highest BCUT2D eigenvalue weighted by molar-refractivity contribution is 5.94. The van der Waals surface area contributed by atoms with Gasteiger partial charge in [-0.25, -0.2) is 4.39 Å². The van der Waals surface area contributed by atoms with Crippen LogP contribution in [0.2, 0.25) is 0 Å². The van der Waals surface area contributed by atoms with Gasteiger partial charge >= 0.3 is 0 Å². The van der Waals surface area contributed by atoms with Gasteiger partial charge in [-0.3, -0.25) is 4.79 Å². The molecule has 1 aliphatic rings. The number of halogens is 1. The van der Waals surface area contributed by atoms with E-state index in [2.05, 4.69) is 5.32 Å². The smallest absolute Gasteiger partial charge is 0.251 e. The lowest BCUT2D eigenvalue weighted by atomic mass is 10.1. The van der Waals surface area contributed by atoms with E-state index in [0.29, 0.717) is 23.6 Å². The molecule has 1 aliphatic carbocycles. The van der Waals surface area contributed by atoms with E-state index in [1.54, 1.807) is 13.0 Å². The van der Waals surface area contributed by atoms with Crippen molar-refractivity contribution in [3.05, 3.63) is 35.1 Å². The predicted molar refractivity (Wildman–Crippen MR) is 68.8 cm³/mol. The largest absolute Gasteiger partial charge is 0.352 e. The Bertz CT molecular complexity index is 447. The standard InChI is InChI=1S/C14H19FN2O/c1-9-6-11(3-5-13(9)15)14(18)17-8-10-2-4-12(16)7-10/h3,5-6,10,12H,2,4,7-8,16H2,1H3,(H,17,18). The minimum Gasteiger partial charge on any atom is -0.352 e. The minimum absolute atomic E-state index is 0.140. The average Bonchev–Trinajstić information content (AvgIpc) is 2.75. The maximum absolute atomic E-state index is 13.1. The Morgan fingerprint density at radius 1 is 1.50 bits per heavy atom. The van der Waals surface area contributed by atoms with E-state index in [1.165, 1.54) is 12.1 Å². The van der Waals surface area contributed by atoms with Crippen LogP contribution in [-0.2, 0) is 0 Å². The van der Waals surface area contributed by atoms with Crippen molar-refractivity contribution in [1.29, 1.82) is 0 Å². The van der Waals surface area contributed by atoms with Gasteiger partial charge in [-0.2, -0.15) is 0 Å². The SMILES string of the molecule is Cc1cc(C(=O)NCC2CCC(N)C2)ccc1F. The summed E-state index contributed by atoms with van der Waals surface area (Å²) in [5.74, 6) is 0.0531. The minimum atomic E-state index is -0.284. The molecule has 3 nitrogen and oxygen atoms in total. The highest BCUT2D eigenvalue weighted by Gasteiger charge is 2.22. The molecule has 1 amide bonds. The molecule has 3 N–H and O–H groups in total. The van der Waals surface area contributed by atoms with Gasteiger partial charge in [0.2, 0.25) is 0 Å². The van der Waals surface area contributed by atoms with E-state index in [-0.39, 0.29) is 17.8 Å². The van der Waals surface area contributed by atoms with E-state index in [4.69, 9.17) is 5.73 Å². The maximum atomic E-state index is 13.1. The Labute approximate surface area is 107 Å². The molecule has 18 heavy (non-hydrogen) atoms. The number of hydrogen-bond donors (Lipinski definition) is 2. The van der Waals surface area contributed by atoms with E-state index < -0.39 is 0 Å². The molecule has 2 atom stereocenters. The Balaban J connectivity index is 1.89. The summed E-state index contributed by atoms with van der Waals surface area (Å²) < 4.78 is 13.1. The second kappa shape index (κ2) is 5.48. The zero-order valence-electron chi connectivity index (χ0n) is 10.6. The van der Waals surface area contributed by atoms with Gasteiger partial charge in [0.25, 0.3) is 5.91 Å². The van der Waals surface area contributed by atoms with Gasteiger partial charge in [0.05, 0.1) is 0 Å². The molecule has 2 rings (SSSR count). The van der Waals surface area contributed by atoms with Crippen LogP contribution in [0.15, 0.2) is 18.2 Å². The summed E-state index contributed by atoms with van der Waals surface area (Å²) in [6, 6.07) is 4.69. The van der Waals surface area contributed by atoms with Crippen molar-refractivity contribution in [3.63, 3.8) is 0 Å². The molecule has 0 heterocycles. The van der Waals surface area contributed by atoms with Crippen molar-refractivity contribution in [1.82, 2.24) is 5.32 Å². The lowest BCUT2D eigenvalue weighted by Gasteiger charge is -2.11. The first kappa shape index (κ1) is 13.0. The Hall–Kier alpha value is -1.42. The van der Waals surface area contributed by atoms with Crippen LogP contribution in [0.25, 0.3) is 0 Å². The van der Waals surface area contributed by atoms with Crippen molar-refractivity contribution in [2.75, 3.05) is 6.54 Å². The van der Waals surface area contributed by atoms with E-state index in [1.807, 2.05) is 0 Å². The fraction of sp³-hybridized carbons (Fsp3) is 0.500. The molecule has 1 saturated carbocycles. The summed E-state index contributed by atoms with van der Waals surface area (Å²) >= 11 is 0. The van der Waals surface area contributed by atoms with Gasteiger partial charge in [-0.15, -0.1) is 0 Å².